The summed E-state index contributed by atoms with van der Waals surface area (Å²) < 4.78 is 0. The van der Waals surface area contributed by atoms with Crippen LogP contribution in [0, 0.1) is 17.3 Å². The van der Waals surface area contributed by atoms with Gasteiger partial charge in [-0.1, -0.05) is 62.8 Å². The number of hydrogen-bond acceptors (Lipinski definition) is 3. The molecule has 33 heavy (non-hydrogen) atoms. The van der Waals surface area contributed by atoms with Crippen LogP contribution in [-0.2, 0) is 9.59 Å². The number of hydrogen-bond donors (Lipinski definition) is 0. The van der Waals surface area contributed by atoms with Crippen LogP contribution < -0.4 is 0 Å². The van der Waals surface area contributed by atoms with Gasteiger partial charge in [0.15, 0.2) is 0 Å². The molecule has 0 radical (unpaired) electrons. The van der Waals surface area contributed by atoms with Gasteiger partial charge in [-0.15, -0.1) is 0 Å². The first-order valence-corrected chi connectivity index (χ1v) is 12.8. The van der Waals surface area contributed by atoms with Crippen molar-refractivity contribution in [3.8, 4) is 0 Å². The molecule has 1 heterocycles. The van der Waals surface area contributed by atoms with Crippen molar-refractivity contribution in [2.75, 3.05) is 45.8 Å². The predicted molar refractivity (Wildman–Crippen MR) is 133 cm³/mol. The fourth-order valence-electron chi connectivity index (χ4n) is 6.14. The molecule has 3 aliphatic carbocycles. The number of amides is 2. The maximum absolute atomic E-state index is 13.1. The number of rotatable bonds is 8. The molecule has 1 aliphatic heterocycles. The lowest BCUT2D eigenvalue weighted by Gasteiger charge is -2.57. The highest BCUT2D eigenvalue weighted by Crippen LogP contribution is 2.59. The van der Waals surface area contributed by atoms with Gasteiger partial charge in [0.1, 0.15) is 0 Å². The van der Waals surface area contributed by atoms with E-state index < -0.39 is 0 Å². The molecule has 2 fully saturated rings. The van der Waals surface area contributed by atoms with E-state index in [0.717, 1.165) is 63.7 Å². The zero-order chi connectivity index (χ0) is 23.6. The molecule has 1 saturated heterocycles. The van der Waals surface area contributed by atoms with Crippen molar-refractivity contribution in [2.45, 2.75) is 52.9 Å². The highest BCUT2D eigenvalue weighted by molar-refractivity contribution is 5.83. The number of carbonyl (C=O) groups excluding carboxylic acids is 2. The molecule has 4 aliphatic rings. The van der Waals surface area contributed by atoms with Crippen molar-refractivity contribution in [3.05, 3.63) is 47.5 Å². The fourth-order valence-corrected chi connectivity index (χ4v) is 6.14. The summed E-state index contributed by atoms with van der Waals surface area (Å²) in [6.07, 6.45) is 5.69. The Morgan fingerprint density at radius 2 is 1.82 bits per heavy atom. The van der Waals surface area contributed by atoms with E-state index in [1.54, 1.807) is 6.92 Å². The molecule has 1 saturated carbocycles. The van der Waals surface area contributed by atoms with Crippen molar-refractivity contribution in [3.63, 3.8) is 0 Å². The van der Waals surface area contributed by atoms with Crippen LogP contribution in [0.15, 0.2) is 42.0 Å². The van der Waals surface area contributed by atoms with Gasteiger partial charge in [-0.05, 0) is 42.1 Å². The van der Waals surface area contributed by atoms with Gasteiger partial charge in [-0.25, -0.2) is 0 Å². The predicted octanol–water partition coefficient (Wildman–Crippen LogP) is 4.17. The molecule has 3 atom stereocenters. The number of benzene rings is 1. The second kappa shape index (κ2) is 10.0. The molecule has 0 N–H and O–H groups in total. The molecular formula is C28H41N3O2. The van der Waals surface area contributed by atoms with E-state index in [1.165, 1.54) is 18.4 Å². The van der Waals surface area contributed by atoms with E-state index in [0.29, 0.717) is 11.3 Å². The smallest absolute Gasteiger partial charge is 0.230 e. The zero-order valence-electron chi connectivity index (χ0n) is 20.9. The molecule has 5 rings (SSSR count). The van der Waals surface area contributed by atoms with E-state index in [-0.39, 0.29) is 17.7 Å². The van der Waals surface area contributed by atoms with Gasteiger partial charge in [-0.3, -0.25) is 14.5 Å². The van der Waals surface area contributed by atoms with Crippen LogP contribution in [0.3, 0.4) is 0 Å². The quantitative estimate of drug-likeness (QED) is 0.558. The van der Waals surface area contributed by atoms with Gasteiger partial charge in [0.05, 0.1) is 5.92 Å². The normalized spacial score (nSPS) is 25.1. The first kappa shape index (κ1) is 24.0. The molecule has 5 nitrogen and oxygen atoms in total. The van der Waals surface area contributed by atoms with Crippen molar-refractivity contribution < 1.29 is 9.59 Å². The minimum Gasteiger partial charge on any atom is -0.340 e. The van der Waals surface area contributed by atoms with E-state index in [4.69, 9.17) is 0 Å². The third-order valence-electron chi connectivity index (χ3n) is 8.68. The monoisotopic (exact) mass is 451 g/mol. The van der Waals surface area contributed by atoms with Gasteiger partial charge in [0, 0.05) is 52.7 Å². The summed E-state index contributed by atoms with van der Waals surface area (Å²) in [5, 5.41) is 0. The van der Waals surface area contributed by atoms with Crippen molar-refractivity contribution >= 4 is 11.8 Å². The van der Waals surface area contributed by atoms with Gasteiger partial charge in [0.2, 0.25) is 11.8 Å². The highest BCUT2D eigenvalue weighted by Gasteiger charge is 2.51. The summed E-state index contributed by atoms with van der Waals surface area (Å²) in [6.45, 7) is 14.3. The van der Waals surface area contributed by atoms with Crippen LogP contribution in [0.4, 0.5) is 0 Å². The number of piperazine rings is 1. The second-order valence-electron chi connectivity index (χ2n) is 10.8. The number of fused-ring (bicyclic) bond motifs is 1. The van der Waals surface area contributed by atoms with Crippen LogP contribution in [0.1, 0.15) is 58.4 Å². The van der Waals surface area contributed by atoms with E-state index in [9.17, 15) is 9.59 Å². The number of nitrogens with zero attached hydrogens (tertiary/aromatic N) is 3. The van der Waals surface area contributed by atoms with Crippen molar-refractivity contribution in [1.29, 1.82) is 0 Å². The molecule has 1 aromatic rings. The van der Waals surface area contributed by atoms with Gasteiger partial charge < -0.3 is 9.80 Å². The Balaban J connectivity index is 1.26. The van der Waals surface area contributed by atoms with E-state index in [1.807, 2.05) is 28.0 Å². The summed E-state index contributed by atoms with van der Waals surface area (Å²) in [5.41, 5.74) is 2.98. The molecule has 180 valence electrons. The van der Waals surface area contributed by atoms with Crippen LogP contribution in [0.25, 0.3) is 0 Å². The molecule has 5 heteroatoms. The zero-order valence-corrected chi connectivity index (χ0v) is 20.9. The lowest BCUT2D eigenvalue weighted by Crippen LogP contribution is -2.52. The number of carbonyl (C=O) groups is 2. The molecule has 2 amide bonds. The van der Waals surface area contributed by atoms with Crippen LogP contribution in [0.2, 0.25) is 0 Å². The van der Waals surface area contributed by atoms with Crippen LogP contribution in [-0.4, -0.2) is 72.3 Å². The average Bonchev–Trinajstić information content (AvgIpc) is 2.83. The van der Waals surface area contributed by atoms with Gasteiger partial charge in [-0.2, -0.15) is 0 Å². The molecule has 0 spiro atoms. The molecule has 2 bridgehead atoms. The summed E-state index contributed by atoms with van der Waals surface area (Å²) in [7, 11) is 0. The summed E-state index contributed by atoms with van der Waals surface area (Å²) in [6, 6.07) is 10.1. The Kier molecular flexibility index (Phi) is 7.28. The molecule has 0 aromatic heterocycles. The Morgan fingerprint density at radius 3 is 2.39 bits per heavy atom. The SMILES string of the molecule is CCC(C(=O)N1CCN(CCN(CC2=CCC3CC2C3(C)C)C(C)=O)CC1)c1ccccc1. The third kappa shape index (κ3) is 5.03. The standard InChI is InChI=1S/C28H41N3O2/c1-5-25(22-9-7-6-8-10-22)27(33)30-16-13-29(14-17-30)15-18-31(21(2)32)20-23-11-12-24-19-26(23)28(24,3)4/h6-11,24-26H,5,12-20H2,1-4H3. The molecule has 3 unspecified atom stereocenters. The van der Waals surface area contributed by atoms with Gasteiger partial charge >= 0.3 is 0 Å². The Labute approximate surface area is 199 Å². The Morgan fingerprint density at radius 1 is 1.12 bits per heavy atom. The lowest BCUT2D eigenvalue weighted by molar-refractivity contribution is -0.134. The maximum Gasteiger partial charge on any atom is 0.230 e. The van der Waals surface area contributed by atoms with E-state index in [2.05, 4.69) is 43.9 Å². The van der Waals surface area contributed by atoms with E-state index >= 15 is 0 Å². The third-order valence-corrected chi connectivity index (χ3v) is 8.68. The second-order valence-corrected chi connectivity index (χ2v) is 10.8. The van der Waals surface area contributed by atoms with Crippen LogP contribution in [0.5, 0.6) is 0 Å². The lowest BCUT2D eigenvalue weighted by atomic mass is 9.49. The number of allylic oxidation sites excluding steroid dienone is 1. The fraction of sp³-hybridized carbons (Fsp3) is 0.643. The van der Waals surface area contributed by atoms with Crippen LogP contribution >= 0.6 is 0 Å². The topological polar surface area (TPSA) is 43.9 Å². The van der Waals surface area contributed by atoms with Gasteiger partial charge in [0.25, 0.3) is 0 Å². The molecule has 1 aromatic carbocycles. The van der Waals surface area contributed by atoms with Crippen molar-refractivity contribution in [1.82, 2.24) is 14.7 Å². The summed E-state index contributed by atoms with van der Waals surface area (Å²) >= 11 is 0. The minimum absolute atomic E-state index is 0.0509. The molecular weight excluding hydrogens is 410 g/mol. The first-order valence-electron chi connectivity index (χ1n) is 12.8. The minimum atomic E-state index is -0.0509. The highest BCUT2D eigenvalue weighted by atomic mass is 16.2. The maximum atomic E-state index is 13.1. The largest absolute Gasteiger partial charge is 0.340 e. The summed E-state index contributed by atoms with van der Waals surface area (Å²) in [4.78, 5) is 32.0. The van der Waals surface area contributed by atoms with Crippen molar-refractivity contribution in [2.24, 2.45) is 17.3 Å². The average molecular weight is 452 g/mol. The Hall–Kier alpha value is -2.14. The Bertz CT molecular complexity index is 870. The summed E-state index contributed by atoms with van der Waals surface area (Å²) in [5.74, 6) is 1.83. The first-order chi connectivity index (χ1) is 15.8.